The maximum Gasteiger partial charge on any atom is 0.433 e. The van der Waals surface area contributed by atoms with Crippen LogP contribution in [0.15, 0.2) is 36.5 Å². The number of aryl methyl sites for hydroxylation is 1. The monoisotopic (exact) mass is 307 g/mol. The Hall–Kier alpha value is -2.11. The average molecular weight is 307 g/mol. The molecule has 2 heterocycles. The molecule has 3 rings (SSSR count). The van der Waals surface area contributed by atoms with Crippen molar-refractivity contribution in [1.82, 2.24) is 9.97 Å². The van der Waals surface area contributed by atoms with Gasteiger partial charge in [0.1, 0.15) is 5.69 Å². The Morgan fingerprint density at radius 1 is 1.23 bits per heavy atom. The van der Waals surface area contributed by atoms with Gasteiger partial charge < -0.3 is 4.90 Å². The Bertz CT molecular complexity index is 670. The molecule has 1 atom stereocenters. The Morgan fingerprint density at radius 2 is 2.05 bits per heavy atom. The number of nitrogens with zero attached hydrogens (tertiary/aromatic N) is 3. The lowest BCUT2D eigenvalue weighted by Crippen LogP contribution is -2.25. The lowest BCUT2D eigenvalue weighted by Gasteiger charge is -2.25. The molecule has 0 bridgehead atoms. The topological polar surface area (TPSA) is 29.0 Å². The molecule has 0 amide bonds. The zero-order valence-corrected chi connectivity index (χ0v) is 12.1. The summed E-state index contributed by atoms with van der Waals surface area (Å²) in [6, 6.07) is 8.97. The van der Waals surface area contributed by atoms with Crippen LogP contribution in [-0.2, 0) is 6.18 Å². The third kappa shape index (κ3) is 2.91. The fraction of sp³-hybridized carbons (Fsp3) is 0.375. The van der Waals surface area contributed by atoms with Crippen molar-refractivity contribution >= 4 is 5.95 Å². The standard InChI is InChI=1S/C16H16F3N3/c1-11-4-2-5-12(10-11)13-6-3-9-22(13)15-20-8-7-14(21-15)16(17,18)19/h2,4-5,7-8,10,13H,3,6,9H2,1H3. The van der Waals surface area contributed by atoms with E-state index in [1.807, 2.05) is 30.0 Å². The average Bonchev–Trinajstić information content (AvgIpc) is 2.96. The van der Waals surface area contributed by atoms with E-state index in [4.69, 9.17) is 0 Å². The van der Waals surface area contributed by atoms with Crippen LogP contribution in [0.25, 0.3) is 0 Å². The molecule has 22 heavy (non-hydrogen) atoms. The molecule has 1 aliphatic heterocycles. The van der Waals surface area contributed by atoms with E-state index < -0.39 is 11.9 Å². The molecule has 1 aromatic carbocycles. The molecule has 3 nitrogen and oxygen atoms in total. The summed E-state index contributed by atoms with van der Waals surface area (Å²) in [5.41, 5.74) is 1.33. The third-order valence-corrected chi connectivity index (χ3v) is 3.87. The van der Waals surface area contributed by atoms with Crippen LogP contribution < -0.4 is 4.90 Å². The molecule has 0 saturated carbocycles. The number of halogens is 3. The molecule has 1 unspecified atom stereocenters. The van der Waals surface area contributed by atoms with Crippen molar-refractivity contribution in [2.24, 2.45) is 0 Å². The van der Waals surface area contributed by atoms with Gasteiger partial charge in [-0.2, -0.15) is 13.2 Å². The number of alkyl halides is 3. The van der Waals surface area contributed by atoms with Crippen molar-refractivity contribution in [2.75, 3.05) is 11.4 Å². The number of hydrogen-bond acceptors (Lipinski definition) is 3. The third-order valence-electron chi connectivity index (χ3n) is 3.87. The van der Waals surface area contributed by atoms with Crippen molar-refractivity contribution in [3.8, 4) is 0 Å². The van der Waals surface area contributed by atoms with Gasteiger partial charge in [0, 0.05) is 12.7 Å². The normalized spacial score (nSPS) is 18.7. The molecule has 0 spiro atoms. The highest BCUT2D eigenvalue weighted by atomic mass is 19.4. The van der Waals surface area contributed by atoms with Crippen LogP contribution >= 0.6 is 0 Å². The molecule has 1 fully saturated rings. The molecule has 1 aliphatic rings. The molecule has 0 N–H and O–H groups in total. The van der Waals surface area contributed by atoms with Gasteiger partial charge >= 0.3 is 6.18 Å². The predicted molar refractivity (Wildman–Crippen MR) is 77.5 cm³/mol. The van der Waals surface area contributed by atoms with Crippen LogP contribution in [0.1, 0.15) is 35.7 Å². The first-order chi connectivity index (χ1) is 10.4. The van der Waals surface area contributed by atoms with E-state index in [0.717, 1.165) is 30.0 Å². The second kappa shape index (κ2) is 5.59. The van der Waals surface area contributed by atoms with Gasteiger partial charge in [0.15, 0.2) is 0 Å². The van der Waals surface area contributed by atoms with E-state index >= 15 is 0 Å². The molecule has 1 aromatic heterocycles. The summed E-state index contributed by atoms with van der Waals surface area (Å²) in [6.07, 6.45) is -1.46. The minimum atomic E-state index is -4.45. The number of aromatic nitrogens is 2. The molecule has 2 aromatic rings. The van der Waals surface area contributed by atoms with E-state index in [-0.39, 0.29) is 12.0 Å². The van der Waals surface area contributed by atoms with Crippen LogP contribution in [0.3, 0.4) is 0 Å². The Kier molecular flexibility index (Phi) is 3.76. The minimum absolute atomic E-state index is 0.0309. The highest BCUT2D eigenvalue weighted by Gasteiger charge is 2.35. The second-order valence-electron chi connectivity index (χ2n) is 5.51. The van der Waals surface area contributed by atoms with E-state index in [1.165, 1.54) is 6.20 Å². The summed E-state index contributed by atoms with van der Waals surface area (Å²) in [5.74, 6) is 0.152. The summed E-state index contributed by atoms with van der Waals surface area (Å²) in [5, 5.41) is 0. The number of rotatable bonds is 2. The minimum Gasteiger partial charge on any atom is -0.334 e. The zero-order chi connectivity index (χ0) is 15.7. The van der Waals surface area contributed by atoms with E-state index in [9.17, 15) is 13.2 Å². The van der Waals surface area contributed by atoms with Gasteiger partial charge in [-0.05, 0) is 31.4 Å². The Balaban J connectivity index is 1.94. The maximum absolute atomic E-state index is 12.8. The van der Waals surface area contributed by atoms with Gasteiger partial charge in [0.2, 0.25) is 5.95 Å². The van der Waals surface area contributed by atoms with Gasteiger partial charge in [-0.1, -0.05) is 29.8 Å². The Labute approximate surface area is 126 Å². The number of hydrogen-bond donors (Lipinski definition) is 0. The molecule has 6 heteroatoms. The quantitative estimate of drug-likeness (QED) is 0.835. The molecule has 0 aliphatic carbocycles. The van der Waals surface area contributed by atoms with Crippen molar-refractivity contribution < 1.29 is 13.2 Å². The molecule has 0 radical (unpaired) electrons. The summed E-state index contributed by atoms with van der Waals surface area (Å²) in [4.78, 5) is 9.63. The zero-order valence-electron chi connectivity index (χ0n) is 12.1. The van der Waals surface area contributed by atoms with Crippen LogP contribution in [0.4, 0.5) is 19.1 Å². The van der Waals surface area contributed by atoms with E-state index in [0.29, 0.717) is 6.54 Å². The summed E-state index contributed by atoms with van der Waals surface area (Å²) >= 11 is 0. The van der Waals surface area contributed by atoms with Gasteiger partial charge in [-0.25, -0.2) is 9.97 Å². The van der Waals surface area contributed by atoms with E-state index in [2.05, 4.69) is 16.0 Å². The largest absolute Gasteiger partial charge is 0.433 e. The predicted octanol–water partition coefficient (Wildman–Crippen LogP) is 4.15. The lowest BCUT2D eigenvalue weighted by molar-refractivity contribution is -0.141. The summed E-state index contributed by atoms with van der Waals surface area (Å²) < 4.78 is 38.5. The summed E-state index contributed by atoms with van der Waals surface area (Å²) in [7, 11) is 0. The van der Waals surface area contributed by atoms with Crippen LogP contribution in [-0.4, -0.2) is 16.5 Å². The second-order valence-corrected chi connectivity index (χ2v) is 5.51. The smallest absolute Gasteiger partial charge is 0.334 e. The molecule has 1 saturated heterocycles. The van der Waals surface area contributed by atoms with Crippen LogP contribution in [0.2, 0.25) is 0 Å². The van der Waals surface area contributed by atoms with Crippen molar-refractivity contribution in [1.29, 1.82) is 0 Å². The van der Waals surface area contributed by atoms with Crippen molar-refractivity contribution in [2.45, 2.75) is 32.0 Å². The van der Waals surface area contributed by atoms with Gasteiger partial charge in [-0.15, -0.1) is 0 Å². The first kappa shape index (κ1) is 14.8. The summed E-state index contributed by atoms with van der Waals surface area (Å²) in [6.45, 7) is 2.67. The Morgan fingerprint density at radius 3 is 2.77 bits per heavy atom. The first-order valence-corrected chi connectivity index (χ1v) is 7.18. The maximum atomic E-state index is 12.8. The molecular weight excluding hydrogens is 291 g/mol. The van der Waals surface area contributed by atoms with Crippen LogP contribution in [0, 0.1) is 6.92 Å². The first-order valence-electron chi connectivity index (χ1n) is 7.18. The highest BCUT2D eigenvalue weighted by molar-refractivity contribution is 5.40. The highest BCUT2D eigenvalue weighted by Crippen LogP contribution is 2.36. The lowest BCUT2D eigenvalue weighted by atomic mass is 10.0. The fourth-order valence-electron chi connectivity index (χ4n) is 2.87. The van der Waals surface area contributed by atoms with Crippen LogP contribution in [0.5, 0.6) is 0 Å². The fourth-order valence-corrected chi connectivity index (χ4v) is 2.87. The SMILES string of the molecule is Cc1cccc(C2CCCN2c2nccc(C(F)(F)F)n2)c1. The van der Waals surface area contributed by atoms with Crippen molar-refractivity contribution in [3.63, 3.8) is 0 Å². The number of anilines is 1. The number of benzene rings is 1. The van der Waals surface area contributed by atoms with Gasteiger partial charge in [0.25, 0.3) is 0 Å². The van der Waals surface area contributed by atoms with Crippen molar-refractivity contribution in [3.05, 3.63) is 53.3 Å². The van der Waals surface area contributed by atoms with Gasteiger partial charge in [0.05, 0.1) is 6.04 Å². The molecule has 116 valence electrons. The molecular formula is C16H16F3N3. The van der Waals surface area contributed by atoms with Gasteiger partial charge in [-0.3, -0.25) is 0 Å². The van der Waals surface area contributed by atoms with E-state index in [1.54, 1.807) is 0 Å².